The van der Waals surface area contributed by atoms with E-state index < -0.39 is 0 Å². The van der Waals surface area contributed by atoms with Gasteiger partial charge in [0.2, 0.25) is 0 Å². The number of methoxy groups -OCH3 is 1. The van der Waals surface area contributed by atoms with Crippen LogP contribution in [0.4, 0.5) is 5.69 Å². The minimum Gasteiger partial charge on any atom is -0.495 e. The van der Waals surface area contributed by atoms with Crippen molar-refractivity contribution in [1.29, 1.82) is 0 Å². The summed E-state index contributed by atoms with van der Waals surface area (Å²) >= 11 is 0. The quantitative estimate of drug-likeness (QED) is 0.668. The topological polar surface area (TPSA) is 52.3 Å². The molecule has 0 unspecified atom stereocenters. The van der Waals surface area contributed by atoms with Crippen molar-refractivity contribution in [2.45, 2.75) is 19.8 Å². The lowest BCUT2D eigenvalue weighted by atomic mass is 9.99. The Bertz CT molecular complexity index is 603. The van der Waals surface area contributed by atoms with Gasteiger partial charge in [0.25, 0.3) is 0 Å². The number of carbonyl (C=O) groups is 1. The van der Waals surface area contributed by atoms with Crippen LogP contribution in [-0.4, -0.2) is 12.9 Å². The van der Waals surface area contributed by atoms with Crippen LogP contribution in [0.3, 0.4) is 0 Å². The number of nitrogens with two attached hydrogens (primary N) is 1. The summed E-state index contributed by atoms with van der Waals surface area (Å²) in [4.78, 5) is 12.5. The molecule has 2 N–H and O–H groups in total. The van der Waals surface area contributed by atoms with E-state index in [0.29, 0.717) is 22.6 Å². The third-order valence-corrected chi connectivity index (χ3v) is 3.29. The molecule has 0 aromatic heterocycles. The number of para-hydroxylation sites is 1. The van der Waals surface area contributed by atoms with Gasteiger partial charge in [-0.3, -0.25) is 4.79 Å². The van der Waals surface area contributed by atoms with Crippen molar-refractivity contribution in [2.24, 2.45) is 0 Å². The number of rotatable bonds is 5. The maximum atomic E-state index is 12.5. The summed E-state index contributed by atoms with van der Waals surface area (Å²) in [5.41, 5.74) is 8.71. The standard InChI is InChI=1S/C17H19NO2/c1-3-5-12-8-10-13(11-9-12)17(19)14-6-4-7-15(20-2)16(14)18/h4,6-11H,3,5,18H2,1-2H3. The Kier molecular flexibility index (Phi) is 4.41. The van der Waals surface area contributed by atoms with E-state index >= 15 is 0 Å². The third kappa shape index (κ3) is 2.82. The van der Waals surface area contributed by atoms with E-state index in [0.717, 1.165) is 12.8 Å². The van der Waals surface area contributed by atoms with Crippen molar-refractivity contribution >= 4 is 11.5 Å². The number of nitrogen functional groups attached to an aromatic ring is 1. The van der Waals surface area contributed by atoms with Gasteiger partial charge in [0.15, 0.2) is 5.78 Å². The molecule has 0 bridgehead atoms. The summed E-state index contributed by atoms with van der Waals surface area (Å²) in [7, 11) is 1.54. The van der Waals surface area contributed by atoms with E-state index in [9.17, 15) is 4.79 Å². The summed E-state index contributed by atoms with van der Waals surface area (Å²) in [5.74, 6) is 0.447. The Morgan fingerprint density at radius 3 is 2.45 bits per heavy atom. The number of ketones is 1. The molecule has 104 valence electrons. The van der Waals surface area contributed by atoms with E-state index in [1.54, 1.807) is 25.3 Å². The fourth-order valence-corrected chi connectivity index (χ4v) is 2.19. The predicted octanol–water partition coefficient (Wildman–Crippen LogP) is 3.46. The smallest absolute Gasteiger partial charge is 0.195 e. The van der Waals surface area contributed by atoms with Crippen LogP contribution in [-0.2, 0) is 6.42 Å². The maximum Gasteiger partial charge on any atom is 0.195 e. The molecule has 3 nitrogen and oxygen atoms in total. The van der Waals surface area contributed by atoms with E-state index in [1.165, 1.54) is 5.56 Å². The van der Waals surface area contributed by atoms with Gasteiger partial charge in [-0.05, 0) is 24.1 Å². The zero-order valence-corrected chi connectivity index (χ0v) is 11.8. The van der Waals surface area contributed by atoms with Gasteiger partial charge in [-0.1, -0.05) is 43.7 Å². The normalized spacial score (nSPS) is 10.3. The van der Waals surface area contributed by atoms with Crippen LogP contribution >= 0.6 is 0 Å². The van der Waals surface area contributed by atoms with Gasteiger partial charge in [-0.25, -0.2) is 0 Å². The van der Waals surface area contributed by atoms with Crippen LogP contribution in [0.2, 0.25) is 0 Å². The number of anilines is 1. The van der Waals surface area contributed by atoms with Crippen molar-refractivity contribution in [3.8, 4) is 5.75 Å². The molecule has 0 amide bonds. The third-order valence-electron chi connectivity index (χ3n) is 3.29. The molecule has 20 heavy (non-hydrogen) atoms. The molecular weight excluding hydrogens is 250 g/mol. The number of hydrogen-bond acceptors (Lipinski definition) is 3. The van der Waals surface area contributed by atoms with Gasteiger partial charge in [-0.2, -0.15) is 0 Å². The molecule has 0 atom stereocenters. The summed E-state index contributed by atoms with van der Waals surface area (Å²) in [6, 6.07) is 12.9. The molecule has 2 aromatic rings. The first-order chi connectivity index (χ1) is 9.67. The van der Waals surface area contributed by atoms with Crippen LogP contribution in [0.25, 0.3) is 0 Å². The Morgan fingerprint density at radius 2 is 1.85 bits per heavy atom. The Morgan fingerprint density at radius 1 is 1.15 bits per heavy atom. The second-order valence-electron chi connectivity index (χ2n) is 4.70. The zero-order chi connectivity index (χ0) is 14.5. The van der Waals surface area contributed by atoms with Crippen molar-refractivity contribution in [2.75, 3.05) is 12.8 Å². The largest absolute Gasteiger partial charge is 0.495 e. The summed E-state index contributed by atoms with van der Waals surface area (Å²) in [6.07, 6.45) is 2.12. The molecule has 0 aliphatic rings. The molecule has 3 heteroatoms. The second-order valence-corrected chi connectivity index (χ2v) is 4.70. The molecular formula is C17H19NO2. The lowest BCUT2D eigenvalue weighted by Gasteiger charge is -2.09. The highest BCUT2D eigenvalue weighted by Gasteiger charge is 2.14. The average molecular weight is 269 g/mol. The Hall–Kier alpha value is -2.29. The lowest BCUT2D eigenvalue weighted by Crippen LogP contribution is -2.06. The first-order valence-electron chi connectivity index (χ1n) is 6.73. The van der Waals surface area contributed by atoms with Gasteiger partial charge < -0.3 is 10.5 Å². The first kappa shape index (κ1) is 14.1. The monoisotopic (exact) mass is 269 g/mol. The molecule has 0 fully saturated rings. The molecule has 0 aliphatic heterocycles. The molecule has 0 saturated carbocycles. The molecule has 0 radical (unpaired) electrons. The predicted molar refractivity (Wildman–Crippen MR) is 81.3 cm³/mol. The lowest BCUT2D eigenvalue weighted by molar-refractivity contribution is 0.103. The highest BCUT2D eigenvalue weighted by molar-refractivity contribution is 6.12. The van der Waals surface area contributed by atoms with Crippen LogP contribution in [0.5, 0.6) is 5.75 Å². The van der Waals surface area contributed by atoms with Crippen molar-refractivity contribution in [3.63, 3.8) is 0 Å². The average Bonchev–Trinajstić information content (AvgIpc) is 2.48. The summed E-state index contributed by atoms with van der Waals surface area (Å²) in [5, 5.41) is 0. The number of aryl methyl sites for hydroxylation is 1. The highest BCUT2D eigenvalue weighted by Crippen LogP contribution is 2.26. The van der Waals surface area contributed by atoms with Crippen LogP contribution < -0.4 is 10.5 Å². The summed E-state index contributed by atoms with van der Waals surface area (Å²) in [6.45, 7) is 2.13. The highest BCUT2D eigenvalue weighted by atomic mass is 16.5. The van der Waals surface area contributed by atoms with E-state index in [2.05, 4.69) is 6.92 Å². The Labute approximate surface area is 119 Å². The molecule has 0 spiro atoms. The van der Waals surface area contributed by atoms with Crippen LogP contribution in [0.15, 0.2) is 42.5 Å². The van der Waals surface area contributed by atoms with Crippen molar-refractivity contribution in [3.05, 3.63) is 59.2 Å². The summed E-state index contributed by atoms with van der Waals surface area (Å²) < 4.78 is 5.15. The number of hydrogen-bond donors (Lipinski definition) is 1. The second kappa shape index (κ2) is 6.24. The maximum absolute atomic E-state index is 12.5. The zero-order valence-electron chi connectivity index (χ0n) is 11.8. The van der Waals surface area contributed by atoms with Gasteiger partial charge in [0.1, 0.15) is 5.75 Å². The van der Waals surface area contributed by atoms with Crippen molar-refractivity contribution < 1.29 is 9.53 Å². The van der Waals surface area contributed by atoms with E-state index in [4.69, 9.17) is 10.5 Å². The Balaban J connectivity index is 2.31. The van der Waals surface area contributed by atoms with E-state index in [1.807, 2.05) is 24.3 Å². The minimum absolute atomic E-state index is 0.0792. The molecule has 0 saturated heterocycles. The number of carbonyl (C=O) groups excluding carboxylic acids is 1. The van der Waals surface area contributed by atoms with Crippen LogP contribution in [0, 0.1) is 0 Å². The van der Waals surface area contributed by atoms with Crippen molar-refractivity contribution in [1.82, 2.24) is 0 Å². The molecule has 0 aliphatic carbocycles. The fourth-order valence-electron chi connectivity index (χ4n) is 2.19. The minimum atomic E-state index is -0.0792. The number of ether oxygens (including phenoxy) is 1. The molecule has 2 rings (SSSR count). The van der Waals surface area contributed by atoms with Gasteiger partial charge in [-0.15, -0.1) is 0 Å². The van der Waals surface area contributed by atoms with E-state index in [-0.39, 0.29) is 5.78 Å². The van der Waals surface area contributed by atoms with Crippen LogP contribution in [0.1, 0.15) is 34.8 Å². The first-order valence-corrected chi connectivity index (χ1v) is 6.73. The molecule has 0 heterocycles. The van der Waals surface area contributed by atoms with Gasteiger partial charge >= 0.3 is 0 Å². The van der Waals surface area contributed by atoms with Gasteiger partial charge in [0.05, 0.1) is 12.8 Å². The number of benzene rings is 2. The van der Waals surface area contributed by atoms with Gasteiger partial charge in [0, 0.05) is 11.1 Å². The SMILES string of the molecule is CCCc1ccc(C(=O)c2cccc(OC)c2N)cc1. The molecule has 2 aromatic carbocycles. The fraction of sp³-hybridized carbons (Fsp3) is 0.235.